The highest BCUT2D eigenvalue weighted by Gasteiger charge is 2.33. The number of hydrogen-bond acceptors (Lipinski definition) is 4. The minimum Gasteiger partial charge on any atom is -0.323 e. The average molecular weight is 344 g/mol. The number of nitrogens with zero attached hydrogens (tertiary/aromatic N) is 1. The fraction of sp³-hybridized carbons (Fsp3) is 0.429. The molecule has 0 bridgehead atoms. The maximum Gasteiger partial charge on any atom is 0.350 e. The fourth-order valence-electron chi connectivity index (χ4n) is 2.15. The monoisotopic (exact) mass is 344 g/mol. The quantitative estimate of drug-likeness (QED) is 0.640. The van der Waals surface area contributed by atoms with Crippen LogP contribution in [0.25, 0.3) is 11.0 Å². The normalized spacial score (nSPS) is 16.9. The average Bonchev–Trinajstić information content (AvgIpc) is 2.47. The van der Waals surface area contributed by atoms with E-state index >= 15 is 0 Å². The Hall–Kier alpha value is -1.76. The van der Waals surface area contributed by atoms with Crippen LogP contribution in [0.3, 0.4) is 0 Å². The number of benzene rings is 1. The molecule has 0 fully saturated rings. The highest BCUT2D eigenvalue weighted by atomic mass is 31.2. The molecule has 23 heavy (non-hydrogen) atoms. The molecule has 0 aliphatic rings. The molecule has 126 valence electrons. The third kappa shape index (κ3) is 3.44. The van der Waals surface area contributed by atoms with E-state index in [9.17, 15) is 23.4 Å². The van der Waals surface area contributed by atoms with Crippen molar-refractivity contribution in [2.75, 3.05) is 0 Å². The molecular weight excluding hydrogens is 326 g/mol. The molecule has 1 heterocycles. The molecule has 0 aliphatic heterocycles. The van der Waals surface area contributed by atoms with Gasteiger partial charge in [-0.05, 0) is 38.5 Å². The molecule has 2 N–H and O–H groups in total. The van der Waals surface area contributed by atoms with Crippen molar-refractivity contribution in [1.82, 2.24) is 9.55 Å². The van der Waals surface area contributed by atoms with Gasteiger partial charge in [-0.25, -0.2) is 4.39 Å². The van der Waals surface area contributed by atoms with Crippen molar-refractivity contribution >= 4 is 18.6 Å². The molecule has 0 saturated carbocycles. The first-order valence-corrected chi connectivity index (χ1v) is 8.77. The molecule has 0 amide bonds. The first-order chi connectivity index (χ1) is 10.7. The van der Waals surface area contributed by atoms with Crippen LogP contribution >= 0.6 is 7.60 Å². The maximum atomic E-state index is 13.3. The zero-order valence-electron chi connectivity index (χ0n) is 12.9. The second-order valence-corrected chi connectivity index (χ2v) is 7.40. The number of rotatable bonds is 5. The molecule has 3 atom stereocenters. The number of halogens is 1. The van der Waals surface area contributed by atoms with E-state index in [1.807, 2.05) is 0 Å². The number of aromatic nitrogens is 2. The van der Waals surface area contributed by atoms with Crippen molar-refractivity contribution in [3.05, 3.63) is 44.7 Å². The predicted molar refractivity (Wildman–Crippen MR) is 84.2 cm³/mol. The van der Waals surface area contributed by atoms with Gasteiger partial charge in [-0.2, -0.15) is 0 Å². The molecule has 0 saturated heterocycles. The topological polar surface area (TPSA) is 101 Å². The van der Waals surface area contributed by atoms with Crippen LogP contribution in [-0.2, 0) is 9.09 Å². The number of nitrogens with one attached hydrogen (secondary N) is 1. The van der Waals surface area contributed by atoms with Crippen LogP contribution in [0.15, 0.2) is 27.8 Å². The number of hydrogen-bond donors (Lipinski definition) is 2. The highest BCUT2D eigenvalue weighted by molar-refractivity contribution is 7.52. The Morgan fingerprint density at radius 3 is 2.65 bits per heavy atom. The van der Waals surface area contributed by atoms with Gasteiger partial charge in [-0.15, -0.1) is 0 Å². The summed E-state index contributed by atoms with van der Waals surface area (Å²) in [6, 6.07) is 3.40. The Labute approximate surface area is 131 Å². The summed E-state index contributed by atoms with van der Waals surface area (Å²) in [5, 5.41) is 0. The summed E-state index contributed by atoms with van der Waals surface area (Å²) in [5.41, 5.74) is -1.80. The number of aromatic amines is 1. The molecule has 1 aromatic heterocycles. The van der Waals surface area contributed by atoms with E-state index in [1.54, 1.807) is 13.8 Å². The van der Waals surface area contributed by atoms with Crippen LogP contribution < -0.4 is 11.1 Å². The minimum absolute atomic E-state index is 0.0602. The van der Waals surface area contributed by atoms with Gasteiger partial charge < -0.3 is 14.4 Å². The third-order valence-electron chi connectivity index (χ3n) is 3.63. The van der Waals surface area contributed by atoms with Gasteiger partial charge in [0.2, 0.25) is 0 Å². The van der Waals surface area contributed by atoms with Gasteiger partial charge in [0.05, 0.1) is 17.1 Å². The van der Waals surface area contributed by atoms with E-state index in [-0.39, 0.29) is 11.0 Å². The maximum absolute atomic E-state index is 13.3. The van der Waals surface area contributed by atoms with Crippen LogP contribution in [0, 0.1) is 5.82 Å². The Morgan fingerprint density at radius 2 is 2.04 bits per heavy atom. The van der Waals surface area contributed by atoms with Crippen molar-refractivity contribution in [3.63, 3.8) is 0 Å². The molecule has 2 aromatic rings. The van der Waals surface area contributed by atoms with Crippen molar-refractivity contribution in [2.45, 2.75) is 39.1 Å². The van der Waals surface area contributed by atoms with Gasteiger partial charge in [0, 0.05) is 0 Å². The third-order valence-corrected chi connectivity index (χ3v) is 5.47. The van der Waals surface area contributed by atoms with Crippen LogP contribution in [0.5, 0.6) is 0 Å². The van der Waals surface area contributed by atoms with Crippen molar-refractivity contribution in [1.29, 1.82) is 0 Å². The number of fused-ring (bicyclic) bond motifs is 1. The summed E-state index contributed by atoms with van der Waals surface area (Å²) in [4.78, 5) is 36.3. The summed E-state index contributed by atoms with van der Waals surface area (Å²) in [6.45, 7) is 4.73. The molecule has 0 radical (unpaired) electrons. The molecule has 2 rings (SSSR count). The first-order valence-electron chi connectivity index (χ1n) is 7.12. The molecule has 0 aliphatic carbocycles. The van der Waals surface area contributed by atoms with Crippen molar-refractivity contribution in [2.24, 2.45) is 0 Å². The van der Waals surface area contributed by atoms with Crippen LogP contribution in [-0.4, -0.2) is 20.5 Å². The van der Waals surface area contributed by atoms with Gasteiger partial charge >= 0.3 is 18.7 Å². The molecule has 3 unspecified atom stereocenters. The summed E-state index contributed by atoms with van der Waals surface area (Å²) in [6.07, 6.45) is 0.0164. The van der Waals surface area contributed by atoms with Gasteiger partial charge in [-0.1, -0.05) is 6.92 Å². The lowest BCUT2D eigenvalue weighted by atomic mass is 10.3. The second kappa shape index (κ2) is 6.39. The Kier molecular flexibility index (Phi) is 4.89. The van der Waals surface area contributed by atoms with Gasteiger partial charge in [0.1, 0.15) is 11.6 Å². The van der Waals surface area contributed by atoms with E-state index in [0.717, 1.165) is 16.7 Å². The molecule has 7 nitrogen and oxygen atoms in total. The Morgan fingerprint density at radius 1 is 1.39 bits per heavy atom. The Bertz CT molecular complexity index is 891. The Balaban J connectivity index is 2.67. The zero-order valence-corrected chi connectivity index (χ0v) is 13.8. The van der Waals surface area contributed by atoms with E-state index in [0.29, 0.717) is 6.42 Å². The summed E-state index contributed by atoms with van der Waals surface area (Å²) in [5.74, 6) is -1.90. The van der Waals surface area contributed by atoms with E-state index < -0.39 is 36.4 Å². The summed E-state index contributed by atoms with van der Waals surface area (Å²) < 4.78 is 31.8. The van der Waals surface area contributed by atoms with E-state index in [4.69, 9.17) is 4.52 Å². The van der Waals surface area contributed by atoms with Crippen LogP contribution in [0.1, 0.15) is 33.0 Å². The number of H-pyrrole nitrogens is 1. The standard InChI is InChI=1S/C14H18FN2O5P/c1-4-8(2)22-23(20,21)9(3)17-12-6-5-10(15)7-11(12)16-13(18)14(17)19/h5-9H,4H2,1-3H3,(H,16,18)(H,20,21). The van der Waals surface area contributed by atoms with Crippen molar-refractivity contribution in [3.8, 4) is 0 Å². The van der Waals surface area contributed by atoms with Crippen molar-refractivity contribution < 1.29 is 18.4 Å². The van der Waals surface area contributed by atoms with E-state index in [2.05, 4.69) is 4.98 Å². The summed E-state index contributed by atoms with van der Waals surface area (Å²) >= 11 is 0. The lowest BCUT2D eigenvalue weighted by Gasteiger charge is -2.24. The van der Waals surface area contributed by atoms with Crippen LogP contribution in [0.2, 0.25) is 0 Å². The minimum atomic E-state index is -4.22. The van der Waals surface area contributed by atoms with Gasteiger partial charge in [0.25, 0.3) is 0 Å². The first kappa shape index (κ1) is 17.6. The molecule has 1 aromatic carbocycles. The molecule has 9 heteroatoms. The fourth-order valence-corrected chi connectivity index (χ4v) is 3.51. The zero-order chi connectivity index (χ0) is 17.4. The predicted octanol–water partition coefficient (Wildman–Crippen LogP) is 2.35. The van der Waals surface area contributed by atoms with E-state index in [1.165, 1.54) is 13.0 Å². The SMILES string of the molecule is CCC(C)OP(=O)(O)C(C)n1c(=O)c(=O)[nH]c2cc(F)ccc21. The van der Waals surface area contributed by atoms with Gasteiger partial charge in [-0.3, -0.25) is 18.7 Å². The summed E-state index contributed by atoms with van der Waals surface area (Å²) in [7, 11) is -4.22. The highest BCUT2D eigenvalue weighted by Crippen LogP contribution is 2.54. The van der Waals surface area contributed by atoms with Crippen LogP contribution in [0.4, 0.5) is 4.39 Å². The smallest absolute Gasteiger partial charge is 0.323 e. The van der Waals surface area contributed by atoms with Gasteiger partial charge in [0.15, 0.2) is 0 Å². The second-order valence-electron chi connectivity index (χ2n) is 5.31. The molecule has 0 spiro atoms. The lowest BCUT2D eigenvalue weighted by molar-refractivity contribution is 0.175. The lowest BCUT2D eigenvalue weighted by Crippen LogP contribution is -2.38. The molecular formula is C14H18FN2O5P. The largest absolute Gasteiger partial charge is 0.350 e.